The lowest BCUT2D eigenvalue weighted by Gasteiger charge is -2.00. The average molecular weight is 292 g/mol. The van der Waals surface area contributed by atoms with Gasteiger partial charge in [0.15, 0.2) is 0 Å². The van der Waals surface area contributed by atoms with Crippen LogP contribution in [0, 0.1) is 0 Å². The van der Waals surface area contributed by atoms with E-state index in [-0.39, 0.29) is 11.1 Å². The largest absolute Gasteiger partial charge is 0.411 e. The standard InChI is InChI=1S/C7H5IN2O3/c1-2-4-5(3-9-13)7(12)10(8)6(4)11/h2-3,13H,1H2/b9-3+. The second-order valence-corrected chi connectivity index (χ2v) is 3.13. The van der Waals surface area contributed by atoms with Crippen molar-refractivity contribution in [3.8, 4) is 0 Å². The molecule has 1 N–H and O–H groups in total. The molecule has 0 radical (unpaired) electrons. The van der Waals surface area contributed by atoms with Gasteiger partial charge in [0.25, 0.3) is 11.8 Å². The van der Waals surface area contributed by atoms with Crippen LogP contribution in [0.2, 0.25) is 0 Å². The summed E-state index contributed by atoms with van der Waals surface area (Å²) in [6, 6.07) is 0. The number of hydrogen-bond acceptors (Lipinski definition) is 4. The van der Waals surface area contributed by atoms with Crippen LogP contribution >= 0.6 is 22.9 Å². The molecule has 0 atom stereocenters. The van der Waals surface area contributed by atoms with Gasteiger partial charge in [0, 0.05) is 0 Å². The Morgan fingerprint density at radius 1 is 1.38 bits per heavy atom. The summed E-state index contributed by atoms with van der Waals surface area (Å²) in [6.45, 7) is 3.39. The minimum absolute atomic E-state index is 0.0527. The van der Waals surface area contributed by atoms with Crippen molar-refractivity contribution in [3.63, 3.8) is 0 Å². The minimum Gasteiger partial charge on any atom is -0.411 e. The lowest BCUT2D eigenvalue weighted by molar-refractivity contribution is -0.129. The number of halogens is 1. The molecule has 1 heterocycles. The van der Waals surface area contributed by atoms with Crippen molar-refractivity contribution < 1.29 is 14.8 Å². The first-order valence-corrected chi connectivity index (χ1v) is 4.18. The van der Waals surface area contributed by atoms with Crippen molar-refractivity contribution in [2.45, 2.75) is 0 Å². The summed E-state index contributed by atoms with van der Waals surface area (Å²) < 4.78 is 0.909. The Balaban J connectivity index is 3.24. The van der Waals surface area contributed by atoms with Crippen LogP contribution in [-0.2, 0) is 9.59 Å². The van der Waals surface area contributed by atoms with Gasteiger partial charge in [0.1, 0.15) is 0 Å². The van der Waals surface area contributed by atoms with Crippen LogP contribution in [-0.4, -0.2) is 26.3 Å². The summed E-state index contributed by atoms with van der Waals surface area (Å²) in [6.07, 6.45) is 2.19. The summed E-state index contributed by atoms with van der Waals surface area (Å²) >= 11 is 1.58. The second-order valence-electron chi connectivity index (χ2n) is 2.17. The van der Waals surface area contributed by atoms with Gasteiger partial charge in [-0.1, -0.05) is 17.8 Å². The maximum atomic E-state index is 11.3. The molecule has 0 aliphatic carbocycles. The van der Waals surface area contributed by atoms with Crippen molar-refractivity contribution in [2.24, 2.45) is 5.16 Å². The third-order valence-corrected chi connectivity index (χ3v) is 2.37. The zero-order valence-corrected chi connectivity index (χ0v) is 8.56. The van der Waals surface area contributed by atoms with E-state index < -0.39 is 11.8 Å². The van der Waals surface area contributed by atoms with Crippen molar-refractivity contribution in [1.82, 2.24) is 3.11 Å². The first-order chi connectivity index (χ1) is 6.13. The van der Waals surface area contributed by atoms with Gasteiger partial charge in [-0.05, 0) is 0 Å². The van der Waals surface area contributed by atoms with E-state index in [1.54, 1.807) is 22.9 Å². The zero-order valence-electron chi connectivity index (χ0n) is 6.40. The molecule has 2 amide bonds. The number of imide groups is 1. The molecule has 0 saturated heterocycles. The molecule has 1 aliphatic heterocycles. The molecular formula is C7H5IN2O3. The molecule has 0 unspecified atom stereocenters. The summed E-state index contributed by atoms with van der Waals surface area (Å²) in [7, 11) is 0. The monoisotopic (exact) mass is 292 g/mol. The number of hydrogen-bond donors (Lipinski definition) is 1. The molecule has 5 nitrogen and oxygen atoms in total. The Labute approximate surface area is 87.9 Å². The first kappa shape index (κ1) is 9.90. The van der Waals surface area contributed by atoms with Gasteiger partial charge < -0.3 is 5.21 Å². The summed E-state index contributed by atoms with van der Waals surface area (Å²) in [5.41, 5.74) is 0.203. The number of rotatable bonds is 2. The Hall–Kier alpha value is -1.18. The number of nitrogens with zero attached hydrogens (tertiary/aromatic N) is 2. The number of carbonyl (C=O) groups excluding carboxylic acids is 2. The fraction of sp³-hybridized carbons (Fsp3) is 0. The molecule has 0 bridgehead atoms. The molecule has 0 aromatic rings. The maximum absolute atomic E-state index is 11.3. The zero-order chi connectivity index (χ0) is 10.0. The van der Waals surface area contributed by atoms with E-state index in [1.807, 2.05) is 0 Å². The summed E-state index contributed by atoms with van der Waals surface area (Å²) in [5.74, 6) is -0.950. The van der Waals surface area contributed by atoms with Gasteiger partial charge in [-0.3, -0.25) is 9.59 Å². The van der Waals surface area contributed by atoms with E-state index in [2.05, 4.69) is 11.7 Å². The highest BCUT2D eigenvalue weighted by Crippen LogP contribution is 2.23. The van der Waals surface area contributed by atoms with Gasteiger partial charge in [-0.25, -0.2) is 3.11 Å². The van der Waals surface area contributed by atoms with E-state index in [4.69, 9.17) is 5.21 Å². The fourth-order valence-electron chi connectivity index (χ4n) is 0.914. The highest BCUT2D eigenvalue weighted by atomic mass is 127. The van der Waals surface area contributed by atoms with Crippen molar-refractivity contribution in [2.75, 3.05) is 0 Å². The van der Waals surface area contributed by atoms with Crippen molar-refractivity contribution in [3.05, 3.63) is 23.8 Å². The van der Waals surface area contributed by atoms with Crippen LogP contribution in [0.4, 0.5) is 0 Å². The molecule has 68 valence electrons. The lowest BCUT2D eigenvalue weighted by Crippen LogP contribution is -2.20. The van der Waals surface area contributed by atoms with E-state index in [0.717, 1.165) is 9.33 Å². The third kappa shape index (κ3) is 1.48. The second kappa shape index (κ2) is 3.69. The van der Waals surface area contributed by atoms with Gasteiger partial charge in [-0.2, -0.15) is 0 Å². The smallest absolute Gasteiger partial charge is 0.272 e. The Kier molecular flexibility index (Phi) is 2.81. The van der Waals surface area contributed by atoms with E-state index >= 15 is 0 Å². The van der Waals surface area contributed by atoms with Crippen molar-refractivity contribution in [1.29, 1.82) is 0 Å². The van der Waals surface area contributed by atoms with Crippen LogP contribution in [0.5, 0.6) is 0 Å². The highest BCUT2D eigenvalue weighted by Gasteiger charge is 2.34. The molecule has 1 aliphatic rings. The predicted octanol–water partition coefficient (Wildman–Crippen LogP) is 0.648. The summed E-state index contributed by atoms with van der Waals surface area (Å²) in [5, 5.41) is 10.9. The molecule has 13 heavy (non-hydrogen) atoms. The van der Waals surface area contributed by atoms with E-state index in [1.165, 1.54) is 6.08 Å². The Morgan fingerprint density at radius 2 is 1.92 bits per heavy atom. The third-order valence-electron chi connectivity index (χ3n) is 1.50. The predicted molar refractivity (Wildman–Crippen MR) is 53.4 cm³/mol. The quantitative estimate of drug-likeness (QED) is 0.203. The van der Waals surface area contributed by atoms with Gasteiger partial charge in [0.05, 0.1) is 40.2 Å². The number of amides is 2. The van der Waals surface area contributed by atoms with Gasteiger partial charge in [0.2, 0.25) is 0 Å². The first-order valence-electron chi connectivity index (χ1n) is 3.22. The molecule has 0 spiro atoms. The SMILES string of the molecule is C=CC1=C(/C=N/O)C(=O)N(I)C1=O. The van der Waals surface area contributed by atoms with E-state index in [0.29, 0.717) is 0 Å². The minimum atomic E-state index is -0.502. The molecule has 0 aromatic carbocycles. The van der Waals surface area contributed by atoms with Crippen LogP contribution < -0.4 is 0 Å². The van der Waals surface area contributed by atoms with Gasteiger partial charge in [-0.15, -0.1) is 0 Å². The topological polar surface area (TPSA) is 70.0 Å². The molecule has 0 fully saturated rings. The molecular weight excluding hydrogens is 287 g/mol. The molecule has 0 saturated carbocycles. The summed E-state index contributed by atoms with van der Waals surface area (Å²) in [4.78, 5) is 22.5. The normalized spacial score (nSPS) is 17.8. The molecule has 0 aromatic heterocycles. The van der Waals surface area contributed by atoms with Crippen LogP contribution in [0.25, 0.3) is 0 Å². The average Bonchev–Trinajstić information content (AvgIpc) is 2.32. The Morgan fingerprint density at radius 3 is 2.38 bits per heavy atom. The Bertz CT molecular complexity index is 346. The fourth-order valence-corrected chi connectivity index (χ4v) is 1.43. The maximum Gasteiger partial charge on any atom is 0.272 e. The number of oxime groups is 1. The highest BCUT2D eigenvalue weighted by molar-refractivity contribution is 14.1. The van der Waals surface area contributed by atoms with Crippen LogP contribution in [0.1, 0.15) is 0 Å². The molecule has 6 heteroatoms. The lowest BCUT2D eigenvalue weighted by atomic mass is 10.1. The van der Waals surface area contributed by atoms with Crippen LogP contribution in [0.15, 0.2) is 29.0 Å². The van der Waals surface area contributed by atoms with Crippen molar-refractivity contribution >= 4 is 40.9 Å². The van der Waals surface area contributed by atoms with E-state index in [9.17, 15) is 9.59 Å². The van der Waals surface area contributed by atoms with Crippen LogP contribution in [0.3, 0.4) is 0 Å². The number of carbonyl (C=O) groups is 2. The van der Waals surface area contributed by atoms with Gasteiger partial charge >= 0.3 is 0 Å². The molecule has 1 rings (SSSR count).